The number of alkyl halides is 2. The lowest BCUT2D eigenvalue weighted by Gasteiger charge is -2.12. The molecule has 1 amide bonds. The molecule has 2 N–H and O–H groups in total. The number of anilines is 1. The third-order valence-corrected chi connectivity index (χ3v) is 2.54. The first-order chi connectivity index (χ1) is 8.43. The first-order valence-electron chi connectivity index (χ1n) is 5.16. The number of likely N-dealkylation sites (N-methyl/N-ethyl adjacent to an activating group) is 1. The van der Waals surface area contributed by atoms with Gasteiger partial charge < -0.3 is 15.4 Å². The van der Waals surface area contributed by atoms with Crippen molar-refractivity contribution in [2.45, 2.75) is 19.6 Å². The van der Waals surface area contributed by atoms with Crippen LogP contribution in [0.3, 0.4) is 0 Å². The van der Waals surface area contributed by atoms with E-state index in [-0.39, 0.29) is 22.7 Å². The highest BCUT2D eigenvalue weighted by molar-refractivity contribution is 6.32. The molecule has 0 spiro atoms. The molecule has 0 saturated carbocycles. The Balaban J connectivity index is 2.75. The summed E-state index contributed by atoms with van der Waals surface area (Å²) in [6.07, 6.45) is 0. The van der Waals surface area contributed by atoms with Gasteiger partial charge in [0.1, 0.15) is 5.75 Å². The highest BCUT2D eigenvalue weighted by Crippen LogP contribution is 2.28. The molecule has 0 bridgehead atoms. The average molecular weight is 279 g/mol. The molecule has 100 valence electrons. The van der Waals surface area contributed by atoms with Crippen LogP contribution in [0.25, 0.3) is 0 Å². The van der Waals surface area contributed by atoms with Crippen LogP contribution in [-0.4, -0.2) is 25.6 Å². The van der Waals surface area contributed by atoms with Gasteiger partial charge in [0.2, 0.25) is 5.91 Å². The Morgan fingerprint density at radius 2 is 2.11 bits per heavy atom. The van der Waals surface area contributed by atoms with E-state index in [2.05, 4.69) is 15.4 Å². The van der Waals surface area contributed by atoms with Crippen LogP contribution in [0, 0.1) is 0 Å². The maximum atomic E-state index is 12.0. The molecule has 1 rings (SSSR count). The van der Waals surface area contributed by atoms with E-state index >= 15 is 0 Å². The number of carbonyl (C=O) groups excluding carboxylic acids is 1. The molecule has 0 radical (unpaired) electrons. The van der Waals surface area contributed by atoms with Crippen LogP contribution in [0.1, 0.15) is 6.92 Å². The van der Waals surface area contributed by atoms with Crippen molar-refractivity contribution in [1.29, 1.82) is 0 Å². The monoisotopic (exact) mass is 278 g/mol. The van der Waals surface area contributed by atoms with Crippen molar-refractivity contribution >= 4 is 23.2 Å². The molecule has 0 saturated heterocycles. The highest BCUT2D eigenvalue weighted by Gasteiger charge is 2.12. The lowest BCUT2D eigenvalue weighted by atomic mass is 10.2. The summed E-state index contributed by atoms with van der Waals surface area (Å²) >= 11 is 5.75. The Bertz CT molecular complexity index is 430. The van der Waals surface area contributed by atoms with E-state index in [0.29, 0.717) is 5.69 Å². The smallest absolute Gasteiger partial charge is 0.387 e. The van der Waals surface area contributed by atoms with Crippen LogP contribution < -0.4 is 15.4 Å². The first-order valence-corrected chi connectivity index (χ1v) is 5.54. The molecule has 0 aromatic heterocycles. The third kappa shape index (κ3) is 4.12. The minimum Gasteiger partial charge on any atom is -0.433 e. The van der Waals surface area contributed by atoms with E-state index < -0.39 is 6.61 Å². The van der Waals surface area contributed by atoms with Crippen molar-refractivity contribution < 1.29 is 18.3 Å². The summed E-state index contributed by atoms with van der Waals surface area (Å²) in [4.78, 5) is 11.5. The van der Waals surface area contributed by atoms with Crippen LogP contribution >= 0.6 is 11.6 Å². The molecular formula is C11H13ClF2N2O2. The van der Waals surface area contributed by atoms with Crippen LogP contribution in [0.4, 0.5) is 14.5 Å². The van der Waals surface area contributed by atoms with Gasteiger partial charge in [0.25, 0.3) is 0 Å². The van der Waals surface area contributed by atoms with Crippen molar-refractivity contribution in [1.82, 2.24) is 5.32 Å². The zero-order chi connectivity index (χ0) is 13.7. The zero-order valence-electron chi connectivity index (χ0n) is 9.84. The number of ether oxygens (including phenoxy) is 1. The third-order valence-electron chi connectivity index (χ3n) is 2.24. The Kier molecular flexibility index (Phi) is 5.30. The van der Waals surface area contributed by atoms with Gasteiger partial charge in [-0.05, 0) is 32.2 Å². The van der Waals surface area contributed by atoms with Crippen LogP contribution in [0.2, 0.25) is 5.02 Å². The molecule has 7 heteroatoms. The molecular weight excluding hydrogens is 266 g/mol. The molecule has 18 heavy (non-hydrogen) atoms. The van der Waals surface area contributed by atoms with E-state index in [1.807, 2.05) is 0 Å². The molecule has 0 aliphatic carbocycles. The maximum absolute atomic E-state index is 12.0. The molecule has 0 heterocycles. The second-order valence-corrected chi connectivity index (χ2v) is 3.93. The van der Waals surface area contributed by atoms with E-state index in [4.69, 9.17) is 11.6 Å². The summed E-state index contributed by atoms with van der Waals surface area (Å²) in [7, 11) is 1.65. The molecule has 0 aliphatic heterocycles. The summed E-state index contributed by atoms with van der Waals surface area (Å²) in [5, 5.41) is 5.36. The lowest BCUT2D eigenvalue weighted by Crippen LogP contribution is -2.35. The van der Waals surface area contributed by atoms with E-state index in [1.165, 1.54) is 18.2 Å². The lowest BCUT2D eigenvalue weighted by molar-refractivity contribution is -0.117. The van der Waals surface area contributed by atoms with Gasteiger partial charge in [0.15, 0.2) is 0 Å². The summed E-state index contributed by atoms with van der Waals surface area (Å²) < 4.78 is 28.2. The SMILES string of the molecule is CNC(C)C(=O)Nc1ccc(OC(F)F)c(Cl)c1. The second-order valence-electron chi connectivity index (χ2n) is 3.52. The second kappa shape index (κ2) is 6.51. The number of hydrogen-bond acceptors (Lipinski definition) is 3. The number of rotatable bonds is 5. The van der Waals surface area contributed by atoms with Crippen molar-refractivity contribution in [3.63, 3.8) is 0 Å². The number of halogens is 3. The predicted octanol–water partition coefficient (Wildman–Crippen LogP) is 2.49. The van der Waals surface area contributed by atoms with Gasteiger partial charge in [-0.3, -0.25) is 4.79 Å². The molecule has 1 aromatic rings. The van der Waals surface area contributed by atoms with Gasteiger partial charge in [0.05, 0.1) is 11.1 Å². The molecule has 0 fully saturated rings. The van der Waals surface area contributed by atoms with Gasteiger partial charge >= 0.3 is 6.61 Å². The number of amides is 1. The average Bonchev–Trinajstić information content (AvgIpc) is 2.31. The first kappa shape index (κ1) is 14.7. The summed E-state index contributed by atoms with van der Waals surface area (Å²) in [6, 6.07) is 3.68. The summed E-state index contributed by atoms with van der Waals surface area (Å²) in [5.41, 5.74) is 0.411. The molecule has 1 atom stereocenters. The van der Waals surface area contributed by atoms with Gasteiger partial charge in [-0.25, -0.2) is 0 Å². The van der Waals surface area contributed by atoms with Crippen molar-refractivity contribution in [3.05, 3.63) is 23.2 Å². The predicted molar refractivity (Wildman–Crippen MR) is 65.2 cm³/mol. The van der Waals surface area contributed by atoms with Gasteiger partial charge in [0, 0.05) is 5.69 Å². The van der Waals surface area contributed by atoms with E-state index in [0.717, 1.165) is 0 Å². The fourth-order valence-corrected chi connectivity index (χ4v) is 1.38. The van der Waals surface area contributed by atoms with Crippen LogP contribution in [0.5, 0.6) is 5.75 Å². The normalized spacial score (nSPS) is 12.3. The number of hydrogen-bond donors (Lipinski definition) is 2. The van der Waals surface area contributed by atoms with Gasteiger partial charge in [-0.2, -0.15) is 8.78 Å². The number of carbonyl (C=O) groups is 1. The van der Waals surface area contributed by atoms with Crippen molar-refractivity contribution in [2.24, 2.45) is 0 Å². The zero-order valence-corrected chi connectivity index (χ0v) is 10.6. The van der Waals surface area contributed by atoms with Crippen molar-refractivity contribution in [2.75, 3.05) is 12.4 Å². The maximum Gasteiger partial charge on any atom is 0.387 e. The summed E-state index contributed by atoms with van der Waals surface area (Å²) in [6.45, 7) is -1.25. The van der Waals surface area contributed by atoms with Crippen LogP contribution in [-0.2, 0) is 4.79 Å². The van der Waals surface area contributed by atoms with Gasteiger partial charge in [-0.15, -0.1) is 0 Å². The Hall–Kier alpha value is -1.40. The van der Waals surface area contributed by atoms with Crippen LogP contribution in [0.15, 0.2) is 18.2 Å². The Morgan fingerprint density at radius 3 is 2.61 bits per heavy atom. The Morgan fingerprint density at radius 1 is 1.44 bits per heavy atom. The number of benzene rings is 1. The summed E-state index contributed by atoms with van der Waals surface area (Å²) in [5.74, 6) is -0.387. The fourth-order valence-electron chi connectivity index (χ4n) is 1.15. The minimum atomic E-state index is -2.94. The molecule has 1 unspecified atom stereocenters. The van der Waals surface area contributed by atoms with Gasteiger partial charge in [-0.1, -0.05) is 11.6 Å². The Labute approximate surface area is 108 Å². The topological polar surface area (TPSA) is 50.4 Å². The number of nitrogens with one attached hydrogen (secondary N) is 2. The fraction of sp³-hybridized carbons (Fsp3) is 0.364. The van der Waals surface area contributed by atoms with E-state index in [9.17, 15) is 13.6 Å². The minimum absolute atomic E-state index is 0.00482. The molecule has 1 aromatic carbocycles. The quantitative estimate of drug-likeness (QED) is 0.870. The van der Waals surface area contributed by atoms with Crippen molar-refractivity contribution in [3.8, 4) is 5.75 Å². The standard InChI is InChI=1S/C11H13ClF2N2O2/c1-6(15-2)10(17)16-7-3-4-9(8(12)5-7)18-11(13)14/h3-6,11,15H,1-2H3,(H,16,17). The molecule has 4 nitrogen and oxygen atoms in total. The van der Waals surface area contributed by atoms with E-state index in [1.54, 1.807) is 14.0 Å². The molecule has 0 aliphatic rings. The largest absolute Gasteiger partial charge is 0.433 e. The highest BCUT2D eigenvalue weighted by atomic mass is 35.5.